The highest BCUT2D eigenvalue weighted by atomic mass is 19.1. The zero-order chi connectivity index (χ0) is 17.9. The van der Waals surface area contributed by atoms with Gasteiger partial charge in [0, 0.05) is 49.0 Å². The van der Waals surface area contributed by atoms with Gasteiger partial charge in [-0.15, -0.1) is 0 Å². The van der Waals surface area contributed by atoms with Crippen LogP contribution in [-0.4, -0.2) is 29.5 Å². The predicted molar refractivity (Wildman–Crippen MR) is 95.1 cm³/mol. The predicted octanol–water partition coefficient (Wildman–Crippen LogP) is 2.81. The van der Waals surface area contributed by atoms with Crippen molar-refractivity contribution in [2.75, 3.05) is 5.32 Å². The van der Waals surface area contributed by atoms with Gasteiger partial charge in [-0.1, -0.05) is 0 Å². The van der Waals surface area contributed by atoms with Crippen LogP contribution < -0.4 is 5.32 Å². The van der Waals surface area contributed by atoms with Crippen molar-refractivity contribution in [2.24, 2.45) is 7.05 Å². The van der Waals surface area contributed by atoms with Crippen LogP contribution in [0, 0.1) is 5.82 Å². The summed E-state index contributed by atoms with van der Waals surface area (Å²) in [6, 6.07) is 8.75. The molecule has 0 radical (unpaired) electrons. The molecule has 8 heteroatoms. The standard InChI is InChI=1S/C18H16FN7/c1-25-10-14(18(24-25)13-3-2-6-20-8-13)9-22-15-4-5-17(16(19)7-15)26-12-21-11-23-26/h2-8,10-12,22H,9H2,1H3. The number of aromatic nitrogens is 6. The maximum atomic E-state index is 14.3. The fourth-order valence-corrected chi connectivity index (χ4v) is 2.75. The molecule has 7 nitrogen and oxygen atoms in total. The van der Waals surface area contributed by atoms with Gasteiger partial charge in [0.05, 0.1) is 5.69 Å². The van der Waals surface area contributed by atoms with E-state index in [0.29, 0.717) is 17.9 Å². The summed E-state index contributed by atoms with van der Waals surface area (Å²) in [5.74, 6) is -0.376. The molecule has 4 rings (SSSR count). The van der Waals surface area contributed by atoms with Gasteiger partial charge < -0.3 is 5.32 Å². The lowest BCUT2D eigenvalue weighted by Gasteiger charge is -2.09. The fourth-order valence-electron chi connectivity index (χ4n) is 2.75. The van der Waals surface area contributed by atoms with Gasteiger partial charge in [-0.25, -0.2) is 14.1 Å². The maximum Gasteiger partial charge on any atom is 0.150 e. The second-order valence-electron chi connectivity index (χ2n) is 5.78. The van der Waals surface area contributed by atoms with Crippen LogP contribution in [-0.2, 0) is 13.6 Å². The van der Waals surface area contributed by atoms with Crippen molar-refractivity contribution >= 4 is 5.69 Å². The Hall–Kier alpha value is -3.55. The Morgan fingerprint density at radius 2 is 2.12 bits per heavy atom. The fraction of sp³-hybridized carbons (Fsp3) is 0.111. The number of hydrogen-bond donors (Lipinski definition) is 1. The molecule has 0 spiro atoms. The molecule has 0 atom stereocenters. The molecule has 0 aliphatic heterocycles. The molecule has 0 amide bonds. The van der Waals surface area contributed by atoms with Crippen LogP contribution >= 0.6 is 0 Å². The third kappa shape index (κ3) is 3.16. The number of pyridine rings is 1. The number of nitrogens with one attached hydrogen (secondary N) is 1. The van der Waals surface area contributed by atoms with Gasteiger partial charge in [0.15, 0.2) is 5.82 Å². The van der Waals surface area contributed by atoms with Crippen molar-refractivity contribution in [3.63, 3.8) is 0 Å². The summed E-state index contributed by atoms with van der Waals surface area (Å²) < 4.78 is 17.5. The van der Waals surface area contributed by atoms with Crippen LogP contribution in [0.5, 0.6) is 0 Å². The van der Waals surface area contributed by atoms with E-state index in [1.807, 2.05) is 25.4 Å². The van der Waals surface area contributed by atoms with Crippen LogP contribution in [0.3, 0.4) is 0 Å². The van der Waals surface area contributed by atoms with Gasteiger partial charge in [-0.05, 0) is 30.3 Å². The normalized spacial score (nSPS) is 10.8. The van der Waals surface area contributed by atoms with Gasteiger partial charge in [-0.3, -0.25) is 9.67 Å². The molecule has 0 aliphatic carbocycles. The first-order valence-corrected chi connectivity index (χ1v) is 8.02. The largest absolute Gasteiger partial charge is 0.381 e. The molecular weight excluding hydrogens is 333 g/mol. The van der Waals surface area contributed by atoms with E-state index in [1.165, 1.54) is 23.4 Å². The minimum Gasteiger partial charge on any atom is -0.381 e. The van der Waals surface area contributed by atoms with E-state index in [-0.39, 0.29) is 5.82 Å². The first-order chi connectivity index (χ1) is 12.7. The Labute approximate surface area is 149 Å². The van der Waals surface area contributed by atoms with Crippen molar-refractivity contribution in [3.05, 3.63) is 73.0 Å². The number of benzene rings is 1. The van der Waals surface area contributed by atoms with Crippen molar-refractivity contribution in [2.45, 2.75) is 6.54 Å². The Kier molecular flexibility index (Phi) is 4.14. The highest BCUT2D eigenvalue weighted by Crippen LogP contribution is 2.23. The number of anilines is 1. The first-order valence-electron chi connectivity index (χ1n) is 8.02. The minimum atomic E-state index is -0.376. The maximum absolute atomic E-state index is 14.3. The summed E-state index contributed by atoms with van der Waals surface area (Å²) in [5.41, 5.74) is 3.82. The molecule has 0 fully saturated rings. The molecule has 26 heavy (non-hydrogen) atoms. The van der Waals surface area contributed by atoms with Crippen LogP contribution in [0.4, 0.5) is 10.1 Å². The molecule has 4 aromatic rings. The Morgan fingerprint density at radius 3 is 2.85 bits per heavy atom. The van der Waals surface area contributed by atoms with Gasteiger partial charge in [-0.2, -0.15) is 10.2 Å². The summed E-state index contributed by atoms with van der Waals surface area (Å²) in [5, 5.41) is 11.7. The lowest BCUT2D eigenvalue weighted by atomic mass is 10.1. The summed E-state index contributed by atoms with van der Waals surface area (Å²) in [6.07, 6.45) is 8.27. The topological polar surface area (TPSA) is 73.5 Å². The second kappa shape index (κ2) is 6.75. The molecular formula is C18H16FN7. The highest BCUT2D eigenvalue weighted by Gasteiger charge is 2.11. The number of halogens is 1. The first kappa shape index (κ1) is 15.9. The summed E-state index contributed by atoms with van der Waals surface area (Å²) >= 11 is 0. The number of aryl methyl sites for hydroxylation is 1. The molecule has 0 saturated heterocycles. The zero-order valence-electron chi connectivity index (χ0n) is 14.0. The number of rotatable bonds is 5. The van der Waals surface area contributed by atoms with E-state index in [1.54, 1.807) is 29.2 Å². The monoisotopic (exact) mass is 349 g/mol. The van der Waals surface area contributed by atoms with Crippen molar-refractivity contribution < 1.29 is 4.39 Å². The molecule has 0 unspecified atom stereocenters. The Balaban J connectivity index is 1.54. The SMILES string of the molecule is Cn1cc(CNc2ccc(-n3cncn3)c(F)c2)c(-c2cccnc2)n1. The molecule has 1 aromatic carbocycles. The minimum absolute atomic E-state index is 0.352. The van der Waals surface area contributed by atoms with E-state index < -0.39 is 0 Å². The van der Waals surface area contributed by atoms with E-state index in [0.717, 1.165) is 16.8 Å². The van der Waals surface area contributed by atoms with Crippen LogP contribution in [0.25, 0.3) is 16.9 Å². The average molecular weight is 349 g/mol. The molecule has 3 heterocycles. The van der Waals surface area contributed by atoms with Crippen LogP contribution in [0.1, 0.15) is 5.56 Å². The Morgan fingerprint density at radius 1 is 1.19 bits per heavy atom. The zero-order valence-corrected chi connectivity index (χ0v) is 14.0. The molecule has 1 N–H and O–H groups in total. The molecule has 0 bridgehead atoms. The highest BCUT2D eigenvalue weighted by molar-refractivity contribution is 5.62. The van der Waals surface area contributed by atoms with Gasteiger partial charge >= 0.3 is 0 Å². The quantitative estimate of drug-likeness (QED) is 0.600. The van der Waals surface area contributed by atoms with Gasteiger partial charge in [0.1, 0.15) is 18.3 Å². The lowest BCUT2D eigenvalue weighted by molar-refractivity contribution is 0.611. The summed E-state index contributed by atoms with van der Waals surface area (Å²) in [7, 11) is 1.87. The number of hydrogen-bond acceptors (Lipinski definition) is 5. The lowest BCUT2D eigenvalue weighted by Crippen LogP contribution is -2.03. The smallest absolute Gasteiger partial charge is 0.150 e. The molecule has 130 valence electrons. The van der Waals surface area contributed by atoms with Crippen molar-refractivity contribution in [3.8, 4) is 16.9 Å². The van der Waals surface area contributed by atoms with E-state index in [2.05, 4.69) is 25.5 Å². The van der Waals surface area contributed by atoms with Gasteiger partial charge in [0.25, 0.3) is 0 Å². The summed E-state index contributed by atoms with van der Waals surface area (Å²) in [6.45, 7) is 0.514. The van der Waals surface area contributed by atoms with E-state index >= 15 is 0 Å². The third-order valence-corrected chi connectivity index (χ3v) is 3.94. The molecule has 3 aromatic heterocycles. The molecule has 0 saturated carbocycles. The van der Waals surface area contributed by atoms with Crippen LogP contribution in [0.15, 0.2) is 61.6 Å². The third-order valence-electron chi connectivity index (χ3n) is 3.94. The average Bonchev–Trinajstić information content (AvgIpc) is 3.30. The second-order valence-corrected chi connectivity index (χ2v) is 5.78. The molecule has 0 aliphatic rings. The Bertz CT molecular complexity index is 1010. The van der Waals surface area contributed by atoms with Gasteiger partial charge in [0.2, 0.25) is 0 Å². The van der Waals surface area contributed by atoms with E-state index in [9.17, 15) is 4.39 Å². The number of nitrogens with zero attached hydrogens (tertiary/aromatic N) is 6. The summed E-state index contributed by atoms with van der Waals surface area (Å²) in [4.78, 5) is 7.98. The van der Waals surface area contributed by atoms with Crippen LogP contribution in [0.2, 0.25) is 0 Å². The van der Waals surface area contributed by atoms with Crippen molar-refractivity contribution in [1.82, 2.24) is 29.5 Å². The van der Waals surface area contributed by atoms with E-state index in [4.69, 9.17) is 0 Å². The van der Waals surface area contributed by atoms with Crippen molar-refractivity contribution in [1.29, 1.82) is 0 Å².